The second-order valence-corrected chi connectivity index (χ2v) is 6.71. The fourth-order valence-electron chi connectivity index (χ4n) is 3.34. The Morgan fingerprint density at radius 3 is 2.48 bits per heavy atom. The number of nitrogens with one attached hydrogen (secondary N) is 1. The second kappa shape index (κ2) is 13.4. The highest BCUT2D eigenvalue weighted by molar-refractivity contribution is 5.85. The molecule has 0 bridgehead atoms. The van der Waals surface area contributed by atoms with Gasteiger partial charge in [0.05, 0.1) is 6.04 Å². The van der Waals surface area contributed by atoms with E-state index in [0.717, 1.165) is 24.6 Å². The summed E-state index contributed by atoms with van der Waals surface area (Å²) < 4.78 is 0. The van der Waals surface area contributed by atoms with Crippen LogP contribution in [0.1, 0.15) is 44.1 Å². The Labute approximate surface area is 164 Å². The smallest absolute Gasteiger partial charge is 0.237 e. The van der Waals surface area contributed by atoms with E-state index in [0.29, 0.717) is 13.0 Å². The molecule has 0 aliphatic heterocycles. The third-order valence-corrected chi connectivity index (χ3v) is 4.82. The van der Waals surface area contributed by atoms with Gasteiger partial charge in [0.1, 0.15) is 0 Å². The van der Waals surface area contributed by atoms with E-state index >= 15 is 0 Å². The van der Waals surface area contributed by atoms with Gasteiger partial charge in [-0.15, -0.1) is 24.8 Å². The number of rotatable bonds is 8. The van der Waals surface area contributed by atoms with E-state index in [-0.39, 0.29) is 30.7 Å². The fourth-order valence-corrected chi connectivity index (χ4v) is 3.34. The molecule has 0 aromatic heterocycles. The van der Waals surface area contributed by atoms with Crippen LogP contribution in [0.15, 0.2) is 30.3 Å². The van der Waals surface area contributed by atoms with Crippen molar-refractivity contribution < 1.29 is 4.79 Å². The lowest BCUT2D eigenvalue weighted by Gasteiger charge is -2.31. The summed E-state index contributed by atoms with van der Waals surface area (Å²) in [5, 5.41) is 2.97. The van der Waals surface area contributed by atoms with Gasteiger partial charge >= 0.3 is 0 Å². The zero-order valence-electron chi connectivity index (χ0n) is 15.2. The van der Waals surface area contributed by atoms with Crippen LogP contribution in [0.4, 0.5) is 0 Å². The summed E-state index contributed by atoms with van der Waals surface area (Å²) in [7, 11) is 2.21. The first-order valence-corrected chi connectivity index (χ1v) is 8.94. The third kappa shape index (κ3) is 8.91. The average molecular weight is 390 g/mol. The number of amides is 1. The van der Waals surface area contributed by atoms with Crippen LogP contribution in [-0.2, 0) is 11.2 Å². The molecule has 0 spiro atoms. The van der Waals surface area contributed by atoms with E-state index in [1.807, 2.05) is 30.3 Å². The summed E-state index contributed by atoms with van der Waals surface area (Å²) in [6, 6.07) is 10.2. The maximum absolute atomic E-state index is 12.0. The Bertz CT molecular complexity index is 467. The van der Waals surface area contributed by atoms with Crippen LogP contribution < -0.4 is 11.1 Å². The number of hydrogen-bond acceptors (Lipinski definition) is 3. The lowest BCUT2D eigenvalue weighted by atomic mass is 9.94. The van der Waals surface area contributed by atoms with Crippen LogP contribution in [0.2, 0.25) is 0 Å². The molecule has 1 aromatic carbocycles. The first-order chi connectivity index (χ1) is 11.2. The summed E-state index contributed by atoms with van der Waals surface area (Å²) in [5.41, 5.74) is 7.09. The summed E-state index contributed by atoms with van der Waals surface area (Å²) >= 11 is 0. The van der Waals surface area contributed by atoms with Gasteiger partial charge in [-0.25, -0.2) is 0 Å². The largest absolute Gasteiger partial charge is 0.355 e. The van der Waals surface area contributed by atoms with Gasteiger partial charge < -0.3 is 16.0 Å². The Hall–Kier alpha value is -0.810. The van der Waals surface area contributed by atoms with Crippen LogP contribution in [-0.4, -0.2) is 43.0 Å². The van der Waals surface area contributed by atoms with Crippen LogP contribution >= 0.6 is 24.8 Å². The van der Waals surface area contributed by atoms with Gasteiger partial charge in [0, 0.05) is 12.6 Å². The topological polar surface area (TPSA) is 58.4 Å². The minimum absolute atomic E-state index is 0. The summed E-state index contributed by atoms with van der Waals surface area (Å²) in [6.07, 6.45) is 8.33. The quantitative estimate of drug-likeness (QED) is 0.671. The Morgan fingerprint density at radius 2 is 1.84 bits per heavy atom. The third-order valence-electron chi connectivity index (χ3n) is 4.82. The molecule has 144 valence electrons. The molecular weight excluding hydrogens is 357 g/mol. The zero-order valence-corrected chi connectivity index (χ0v) is 16.8. The number of hydrogen-bond donors (Lipinski definition) is 2. The molecular formula is C19H33Cl2N3O. The minimum Gasteiger partial charge on any atom is -0.355 e. The van der Waals surface area contributed by atoms with Crippen LogP contribution in [0.5, 0.6) is 0 Å². The summed E-state index contributed by atoms with van der Waals surface area (Å²) in [5.74, 6) is -0.0471. The highest BCUT2D eigenvalue weighted by Gasteiger charge is 2.18. The van der Waals surface area contributed by atoms with Gasteiger partial charge in [0.15, 0.2) is 0 Å². The number of carbonyl (C=O) groups excluding carboxylic acids is 1. The van der Waals surface area contributed by atoms with Gasteiger partial charge in [-0.05, 0) is 44.8 Å². The van der Waals surface area contributed by atoms with Gasteiger partial charge in [-0.3, -0.25) is 4.79 Å². The lowest BCUT2D eigenvalue weighted by Crippen LogP contribution is -2.43. The highest BCUT2D eigenvalue weighted by atomic mass is 35.5. The van der Waals surface area contributed by atoms with E-state index in [2.05, 4.69) is 17.3 Å². The van der Waals surface area contributed by atoms with Gasteiger partial charge in [-0.2, -0.15) is 0 Å². The average Bonchev–Trinajstić information content (AvgIpc) is 2.60. The molecule has 0 radical (unpaired) electrons. The van der Waals surface area contributed by atoms with Gasteiger partial charge in [0.2, 0.25) is 5.91 Å². The SMILES string of the molecule is CN(CCCNC(=O)C(N)Cc1ccccc1)C1CCCCC1.Cl.Cl. The second-order valence-electron chi connectivity index (χ2n) is 6.71. The van der Waals surface area contributed by atoms with Crippen molar-refractivity contribution in [3.63, 3.8) is 0 Å². The number of nitrogens with zero attached hydrogens (tertiary/aromatic N) is 1. The van der Waals surface area contributed by atoms with Crippen LogP contribution in [0.3, 0.4) is 0 Å². The van der Waals surface area contributed by atoms with Crippen LogP contribution in [0.25, 0.3) is 0 Å². The van der Waals surface area contributed by atoms with E-state index in [1.54, 1.807) is 0 Å². The van der Waals surface area contributed by atoms with Crippen LogP contribution in [0, 0.1) is 0 Å². The predicted molar refractivity (Wildman–Crippen MR) is 110 cm³/mol. The van der Waals surface area contributed by atoms with Crippen molar-refractivity contribution >= 4 is 30.7 Å². The number of carbonyl (C=O) groups is 1. The Kier molecular flexibility index (Phi) is 13.0. The molecule has 25 heavy (non-hydrogen) atoms. The molecule has 6 heteroatoms. The molecule has 1 amide bonds. The van der Waals surface area contributed by atoms with Gasteiger partial charge in [-0.1, -0.05) is 49.6 Å². The number of benzene rings is 1. The molecule has 3 N–H and O–H groups in total. The first-order valence-electron chi connectivity index (χ1n) is 8.94. The van der Waals surface area contributed by atoms with E-state index in [4.69, 9.17) is 5.73 Å². The van der Waals surface area contributed by atoms with Crippen molar-refractivity contribution in [1.29, 1.82) is 0 Å². The first kappa shape index (κ1) is 24.2. The van der Waals surface area contributed by atoms with Crippen molar-refractivity contribution in [2.24, 2.45) is 5.73 Å². The Morgan fingerprint density at radius 1 is 1.20 bits per heavy atom. The maximum atomic E-state index is 12.0. The summed E-state index contributed by atoms with van der Waals surface area (Å²) in [6.45, 7) is 1.75. The van der Waals surface area contributed by atoms with Crippen molar-refractivity contribution in [2.75, 3.05) is 20.1 Å². The highest BCUT2D eigenvalue weighted by Crippen LogP contribution is 2.21. The van der Waals surface area contributed by atoms with Gasteiger partial charge in [0.25, 0.3) is 0 Å². The molecule has 1 aliphatic rings. The monoisotopic (exact) mass is 389 g/mol. The van der Waals surface area contributed by atoms with E-state index in [1.165, 1.54) is 32.1 Å². The van der Waals surface area contributed by atoms with Crippen molar-refractivity contribution in [3.05, 3.63) is 35.9 Å². The van der Waals surface area contributed by atoms with Crippen molar-refractivity contribution in [2.45, 2.75) is 57.0 Å². The normalized spacial score (nSPS) is 15.8. The maximum Gasteiger partial charge on any atom is 0.237 e. The molecule has 0 heterocycles. The lowest BCUT2D eigenvalue weighted by molar-refractivity contribution is -0.122. The molecule has 1 saturated carbocycles. The Balaban J connectivity index is 0.00000288. The molecule has 0 saturated heterocycles. The fraction of sp³-hybridized carbons (Fsp3) is 0.632. The summed E-state index contributed by atoms with van der Waals surface area (Å²) in [4.78, 5) is 14.5. The molecule has 1 aromatic rings. The predicted octanol–water partition coefficient (Wildman–Crippen LogP) is 3.17. The number of nitrogens with two attached hydrogens (primary N) is 1. The van der Waals surface area contributed by atoms with E-state index < -0.39 is 6.04 Å². The molecule has 1 aliphatic carbocycles. The molecule has 1 fully saturated rings. The molecule has 4 nitrogen and oxygen atoms in total. The molecule has 1 unspecified atom stereocenters. The molecule has 2 rings (SSSR count). The van der Waals surface area contributed by atoms with E-state index in [9.17, 15) is 4.79 Å². The zero-order chi connectivity index (χ0) is 16.5. The van der Waals surface area contributed by atoms with Crippen molar-refractivity contribution in [3.8, 4) is 0 Å². The molecule has 1 atom stereocenters. The minimum atomic E-state index is -0.464. The van der Waals surface area contributed by atoms with Crippen molar-refractivity contribution in [1.82, 2.24) is 10.2 Å². The number of halogens is 2. The standard InChI is InChI=1S/C19H31N3O.2ClH/c1-22(17-11-6-3-7-12-17)14-8-13-21-19(23)18(20)15-16-9-4-2-5-10-16;;/h2,4-5,9-10,17-18H,3,6-8,11-15,20H2,1H3,(H,21,23);2*1H.